The van der Waals surface area contributed by atoms with Crippen molar-refractivity contribution in [3.63, 3.8) is 0 Å². The zero-order valence-corrected chi connectivity index (χ0v) is 12.2. The Bertz CT molecular complexity index is 447. The van der Waals surface area contributed by atoms with E-state index in [1.54, 1.807) is 0 Å². The largest absolute Gasteiger partial charge is 0.508 e. The van der Waals surface area contributed by atoms with Crippen LogP contribution in [0.3, 0.4) is 0 Å². The zero-order valence-electron chi connectivity index (χ0n) is 12.2. The molecule has 1 N–H and O–H groups in total. The highest BCUT2D eigenvalue weighted by atomic mass is 16.3. The van der Waals surface area contributed by atoms with Crippen LogP contribution >= 0.6 is 0 Å². The molecule has 0 spiro atoms. The number of phenols is 1. The molecule has 1 aromatic rings. The van der Waals surface area contributed by atoms with Crippen molar-refractivity contribution in [2.24, 2.45) is 5.41 Å². The molecular weight excluding hydrogens is 222 g/mol. The minimum Gasteiger partial charge on any atom is -0.508 e. The molecule has 1 aromatic carbocycles. The Kier molecular flexibility index (Phi) is 3.08. The molecule has 0 bridgehead atoms. The standard InChI is InChI=1S/C16H25NO/c1-6-16(15(3,4)5)11-17(7-2)12-9-8-10-13(18)14(12)16/h8-10,18H,6-7,11H2,1-5H3. The predicted octanol–water partition coefficient (Wildman–Crippen LogP) is 3.93. The highest BCUT2D eigenvalue weighted by molar-refractivity contribution is 5.68. The van der Waals surface area contributed by atoms with Crippen molar-refractivity contribution in [1.82, 2.24) is 0 Å². The normalized spacial score (nSPS) is 23.3. The van der Waals surface area contributed by atoms with Crippen molar-refractivity contribution < 1.29 is 5.11 Å². The van der Waals surface area contributed by atoms with E-state index in [2.05, 4.69) is 45.6 Å². The lowest BCUT2D eigenvalue weighted by Gasteiger charge is -2.42. The number of nitrogens with zero attached hydrogens (tertiary/aromatic N) is 1. The predicted molar refractivity (Wildman–Crippen MR) is 77.4 cm³/mol. The summed E-state index contributed by atoms with van der Waals surface area (Å²) in [5, 5.41) is 10.3. The van der Waals surface area contributed by atoms with Crippen molar-refractivity contribution in [1.29, 1.82) is 0 Å². The van der Waals surface area contributed by atoms with E-state index in [4.69, 9.17) is 0 Å². The second-order valence-electron chi connectivity index (χ2n) is 6.37. The molecule has 100 valence electrons. The fraction of sp³-hybridized carbons (Fsp3) is 0.625. The van der Waals surface area contributed by atoms with Gasteiger partial charge in [0.15, 0.2) is 0 Å². The maximum absolute atomic E-state index is 10.3. The molecule has 2 nitrogen and oxygen atoms in total. The van der Waals surface area contributed by atoms with Gasteiger partial charge in [-0.1, -0.05) is 33.8 Å². The Balaban J connectivity index is 2.69. The molecule has 1 unspecified atom stereocenters. The smallest absolute Gasteiger partial charge is 0.121 e. The van der Waals surface area contributed by atoms with Gasteiger partial charge in [-0.2, -0.15) is 0 Å². The van der Waals surface area contributed by atoms with Gasteiger partial charge in [-0.15, -0.1) is 0 Å². The number of fused-ring (bicyclic) bond motifs is 1. The van der Waals surface area contributed by atoms with Gasteiger partial charge >= 0.3 is 0 Å². The van der Waals surface area contributed by atoms with Crippen LogP contribution in [0.2, 0.25) is 0 Å². The topological polar surface area (TPSA) is 23.5 Å². The Morgan fingerprint density at radius 2 is 1.94 bits per heavy atom. The lowest BCUT2D eigenvalue weighted by Crippen LogP contribution is -2.43. The van der Waals surface area contributed by atoms with Gasteiger partial charge in [-0.05, 0) is 30.9 Å². The van der Waals surface area contributed by atoms with Crippen LogP contribution in [0.15, 0.2) is 18.2 Å². The van der Waals surface area contributed by atoms with Gasteiger partial charge in [0.1, 0.15) is 5.75 Å². The van der Waals surface area contributed by atoms with Crippen LogP contribution in [-0.2, 0) is 5.41 Å². The molecule has 1 aliphatic rings. The van der Waals surface area contributed by atoms with Crippen LogP contribution in [0.1, 0.15) is 46.6 Å². The lowest BCUT2D eigenvalue weighted by atomic mass is 9.62. The summed E-state index contributed by atoms with van der Waals surface area (Å²) < 4.78 is 0. The van der Waals surface area contributed by atoms with Gasteiger partial charge in [0.05, 0.1) is 0 Å². The quantitative estimate of drug-likeness (QED) is 0.856. The molecule has 2 rings (SSSR count). The number of hydrogen-bond donors (Lipinski definition) is 1. The van der Waals surface area contributed by atoms with E-state index in [9.17, 15) is 5.11 Å². The average molecular weight is 247 g/mol. The first-order valence-corrected chi connectivity index (χ1v) is 6.95. The number of hydrogen-bond acceptors (Lipinski definition) is 2. The molecule has 1 heterocycles. The fourth-order valence-corrected chi connectivity index (χ4v) is 3.49. The molecule has 18 heavy (non-hydrogen) atoms. The second-order valence-corrected chi connectivity index (χ2v) is 6.37. The van der Waals surface area contributed by atoms with E-state index in [-0.39, 0.29) is 10.8 Å². The molecule has 0 aliphatic carbocycles. The second kappa shape index (κ2) is 4.18. The van der Waals surface area contributed by atoms with E-state index in [0.717, 1.165) is 25.1 Å². The van der Waals surface area contributed by atoms with Crippen molar-refractivity contribution in [2.45, 2.75) is 46.5 Å². The van der Waals surface area contributed by atoms with Gasteiger partial charge in [-0.25, -0.2) is 0 Å². The third-order valence-electron chi connectivity index (χ3n) is 4.72. The summed E-state index contributed by atoms with van der Waals surface area (Å²) in [5.74, 6) is 0.459. The molecule has 0 aromatic heterocycles. The summed E-state index contributed by atoms with van der Waals surface area (Å²) in [7, 11) is 0. The maximum atomic E-state index is 10.3. The van der Waals surface area contributed by atoms with Gasteiger partial charge < -0.3 is 10.0 Å². The molecule has 0 saturated carbocycles. The Morgan fingerprint density at radius 1 is 1.28 bits per heavy atom. The number of benzene rings is 1. The molecule has 0 saturated heterocycles. The molecular formula is C16H25NO. The summed E-state index contributed by atoms with van der Waals surface area (Å²) >= 11 is 0. The first-order valence-electron chi connectivity index (χ1n) is 6.95. The fourth-order valence-electron chi connectivity index (χ4n) is 3.49. The Hall–Kier alpha value is -1.18. The Morgan fingerprint density at radius 3 is 2.44 bits per heavy atom. The monoisotopic (exact) mass is 247 g/mol. The summed E-state index contributed by atoms with van der Waals surface area (Å²) in [6, 6.07) is 5.92. The van der Waals surface area contributed by atoms with Crippen LogP contribution in [0.5, 0.6) is 5.75 Å². The first kappa shape index (κ1) is 13.3. The minimum atomic E-state index is 0.0453. The van der Waals surface area contributed by atoms with E-state index in [1.807, 2.05) is 12.1 Å². The zero-order chi connectivity index (χ0) is 13.6. The van der Waals surface area contributed by atoms with Crippen molar-refractivity contribution in [3.8, 4) is 5.75 Å². The number of rotatable bonds is 2. The highest BCUT2D eigenvalue weighted by Crippen LogP contribution is 2.55. The van der Waals surface area contributed by atoms with E-state index in [1.165, 1.54) is 5.69 Å². The van der Waals surface area contributed by atoms with Gasteiger partial charge in [-0.3, -0.25) is 0 Å². The van der Waals surface area contributed by atoms with E-state index >= 15 is 0 Å². The number of anilines is 1. The molecule has 0 fully saturated rings. The summed E-state index contributed by atoms with van der Waals surface area (Å²) in [6.45, 7) is 13.3. The maximum Gasteiger partial charge on any atom is 0.121 e. The van der Waals surface area contributed by atoms with Gasteiger partial charge in [0.2, 0.25) is 0 Å². The lowest BCUT2D eigenvalue weighted by molar-refractivity contribution is 0.186. The summed E-state index contributed by atoms with van der Waals surface area (Å²) in [4.78, 5) is 2.39. The van der Waals surface area contributed by atoms with Crippen LogP contribution in [0.25, 0.3) is 0 Å². The summed E-state index contributed by atoms with van der Waals surface area (Å²) in [5.41, 5.74) is 2.55. The third-order valence-corrected chi connectivity index (χ3v) is 4.72. The molecule has 1 atom stereocenters. The highest BCUT2D eigenvalue weighted by Gasteiger charge is 2.50. The number of phenolic OH excluding ortho intramolecular Hbond substituents is 1. The average Bonchev–Trinajstić information content (AvgIpc) is 2.65. The van der Waals surface area contributed by atoms with Crippen LogP contribution in [0.4, 0.5) is 5.69 Å². The van der Waals surface area contributed by atoms with Crippen LogP contribution in [-0.4, -0.2) is 18.2 Å². The summed E-state index contributed by atoms with van der Waals surface area (Å²) in [6.07, 6.45) is 1.05. The van der Waals surface area contributed by atoms with Crippen molar-refractivity contribution in [2.75, 3.05) is 18.0 Å². The molecule has 2 heteroatoms. The van der Waals surface area contributed by atoms with Crippen molar-refractivity contribution >= 4 is 5.69 Å². The minimum absolute atomic E-state index is 0.0453. The molecule has 1 aliphatic heterocycles. The van der Waals surface area contributed by atoms with Crippen LogP contribution < -0.4 is 4.90 Å². The van der Waals surface area contributed by atoms with Crippen LogP contribution in [0, 0.1) is 5.41 Å². The number of aromatic hydroxyl groups is 1. The molecule has 0 amide bonds. The van der Waals surface area contributed by atoms with E-state index in [0.29, 0.717) is 5.75 Å². The number of likely N-dealkylation sites (N-methyl/N-ethyl adjacent to an activating group) is 1. The van der Waals surface area contributed by atoms with Crippen molar-refractivity contribution in [3.05, 3.63) is 23.8 Å². The SMILES string of the molecule is CCN1CC(CC)(C(C)(C)C)c2c(O)cccc21. The molecule has 0 radical (unpaired) electrons. The van der Waals surface area contributed by atoms with E-state index < -0.39 is 0 Å². The first-order chi connectivity index (χ1) is 8.37. The third kappa shape index (κ3) is 1.62. The van der Waals surface area contributed by atoms with Gasteiger partial charge in [0, 0.05) is 29.8 Å². The Labute approximate surface area is 111 Å². The van der Waals surface area contributed by atoms with Gasteiger partial charge in [0.25, 0.3) is 0 Å².